The lowest BCUT2D eigenvalue weighted by atomic mass is 9.35. The second-order valence-electron chi connectivity index (χ2n) is 10.1. The van der Waals surface area contributed by atoms with Crippen molar-refractivity contribution in [2.45, 2.75) is 69.7 Å². The summed E-state index contributed by atoms with van der Waals surface area (Å²) in [5.41, 5.74) is -3.28. The molecule has 0 aromatic rings. The van der Waals surface area contributed by atoms with Gasteiger partial charge in [-0.05, 0) is 42.6 Å². The molecule has 7 nitrogen and oxygen atoms in total. The van der Waals surface area contributed by atoms with Gasteiger partial charge in [-0.3, -0.25) is 4.79 Å². The van der Waals surface area contributed by atoms with Crippen molar-refractivity contribution in [3.63, 3.8) is 0 Å². The molecule has 2 heterocycles. The van der Waals surface area contributed by atoms with Gasteiger partial charge < -0.3 is 30.3 Å². The van der Waals surface area contributed by atoms with Crippen molar-refractivity contribution in [3.05, 3.63) is 12.2 Å². The number of esters is 1. The van der Waals surface area contributed by atoms with E-state index >= 15 is 0 Å². The fourth-order valence-corrected chi connectivity index (χ4v) is 7.98. The van der Waals surface area contributed by atoms with Gasteiger partial charge in [0.25, 0.3) is 0 Å². The highest BCUT2D eigenvalue weighted by atomic mass is 16.7. The van der Waals surface area contributed by atoms with Gasteiger partial charge in [0.15, 0.2) is 0 Å². The summed E-state index contributed by atoms with van der Waals surface area (Å²) in [4.78, 5) is 13.2. The molecule has 7 heteroatoms. The SMILES string of the molecule is C=C1[C@@H](O)[C@]23C(O)[C@H]1CC[C@H]2[C@@]12C(=O)O[C@]3(O)[C@@H](O)[C@@H]1C(C)(C)CC[C@@H]2O. The second kappa shape index (κ2) is 4.76. The molecule has 150 valence electrons. The van der Waals surface area contributed by atoms with Crippen molar-refractivity contribution >= 4 is 5.97 Å². The molecule has 10 atom stereocenters. The predicted molar refractivity (Wildman–Crippen MR) is 91.8 cm³/mol. The molecule has 4 aliphatic carbocycles. The van der Waals surface area contributed by atoms with Crippen molar-refractivity contribution in [3.8, 4) is 0 Å². The summed E-state index contributed by atoms with van der Waals surface area (Å²) in [6, 6.07) is 0. The van der Waals surface area contributed by atoms with Gasteiger partial charge in [0, 0.05) is 11.8 Å². The first kappa shape index (κ1) is 18.1. The van der Waals surface area contributed by atoms with E-state index in [1.807, 2.05) is 13.8 Å². The molecule has 0 aromatic carbocycles. The molecule has 1 unspecified atom stereocenters. The average molecular weight is 380 g/mol. The summed E-state index contributed by atoms with van der Waals surface area (Å²) < 4.78 is 5.43. The van der Waals surface area contributed by atoms with E-state index in [0.29, 0.717) is 31.3 Å². The Morgan fingerprint density at radius 3 is 2.41 bits per heavy atom. The van der Waals surface area contributed by atoms with Crippen LogP contribution >= 0.6 is 0 Å². The Morgan fingerprint density at radius 1 is 1.07 bits per heavy atom. The number of rotatable bonds is 0. The molecule has 6 fully saturated rings. The number of fused-ring (bicyclic) bond motifs is 2. The van der Waals surface area contributed by atoms with Crippen LogP contribution in [0.2, 0.25) is 0 Å². The van der Waals surface area contributed by atoms with Crippen LogP contribution in [0, 0.1) is 34.0 Å². The van der Waals surface area contributed by atoms with Crippen LogP contribution in [0.15, 0.2) is 12.2 Å². The van der Waals surface area contributed by atoms with E-state index in [-0.39, 0.29) is 0 Å². The monoisotopic (exact) mass is 380 g/mol. The number of hydrogen-bond donors (Lipinski definition) is 5. The van der Waals surface area contributed by atoms with Crippen molar-refractivity contribution in [2.75, 3.05) is 0 Å². The largest absolute Gasteiger partial charge is 0.429 e. The molecular formula is C20H28O7. The Kier molecular flexibility index (Phi) is 3.19. The van der Waals surface area contributed by atoms with E-state index in [2.05, 4.69) is 6.58 Å². The fourth-order valence-electron chi connectivity index (χ4n) is 7.98. The lowest BCUT2D eigenvalue weighted by Gasteiger charge is -2.74. The van der Waals surface area contributed by atoms with Gasteiger partial charge in [-0.25, -0.2) is 0 Å². The quantitative estimate of drug-likeness (QED) is 0.288. The van der Waals surface area contributed by atoms with Gasteiger partial charge in [0.1, 0.15) is 11.5 Å². The van der Waals surface area contributed by atoms with Gasteiger partial charge >= 0.3 is 5.97 Å². The Balaban J connectivity index is 1.84. The maximum Gasteiger partial charge on any atom is 0.318 e. The Morgan fingerprint density at radius 2 is 1.74 bits per heavy atom. The molecule has 2 spiro atoms. The number of carbonyl (C=O) groups is 1. The Hall–Kier alpha value is -0.990. The second-order valence-corrected chi connectivity index (χ2v) is 10.1. The fraction of sp³-hybridized carbons (Fsp3) is 0.850. The molecule has 0 aromatic heterocycles. The van der Waals surface area contributed by atoms with Crippen LogP contribution in [0.1, 0.15) is 39.5 Å². The van der Waals surface area contributed by atoms with Crippen LogP contribution in [0.25, 0.3) is 0 Å². The van der Waals surface area contributed by atoms with Crippen LogP contribution in [0.3, 0.4) is 0 Å². The molecule has 4 bridgehead atoms. The maximum absolute atomic E-state index is 13.2. The third-order valence-electron chi connectivity index (χ3n) is 8.98. The van der Waals surface area contributed by atoms with Crippen molar-refractivity contribution in [1.82, 2.24) is 0 Å². The Bertz CT molecular complexity index is 749. The molecule has 2 aliphatic heterocycles. The summed E-state index contributed by atoms with van der Waals surface area (Å²) in [6.45, 7) is 7.76. The number of hydrogen-bond acceptors (Lipinski definition) is 7. The van der Waals surface area contributed by atoms with Crippen molar-refractivity contribution in [1.29, 1.82) is 0 Å². The van der Waals surface area contributed by atoms with E-state index < -0.39 is 70.2 Å². The summed E-state index contributed by atoms with van der Waals surface area (Å²) >= 11 is 0. The first-order chi connectivity index (χ1) is 12.5. The third kappa shape index (κ3) is 1.50. The molecule has 6 rings (SSSR count). The first-order valence-corrected chi connectivity index (χ1v) is 9.85. The molecule has 5 N–H and O–H groups in total. The van der Waals surface area contributed by atoms with E-state index in [4.69, 9.17) is 4.74 Å². The lowest BCUT2D eigenvalue weighted by Crippen LogP contribution is -2.87. The predicted octanol–water partition coefficient (Wildman–Crippen LogP) is -0.306. The Labute approximate surface area is 157 Å². The zero-order chi connectivity index (χ0) is 19.7. The van der Waals surface area contributed by atoms with Crippen LogP contribution in [-0.4, -0.2) is 61.7 Å². The molecular weight excluding hydrogens is 352 g/mol. The summed E-state index contributed by atoms with van der Waals surface area (Å²) in [7, 11) is 0. The normalized spacial score (nSPS) is 60.6. The first-order valence-electron chi connectivity index (χ1n) is 9.85. The molecule has 0 amide bonds. The third-order valence-corrected chi connectivity index (χ3v) is 8.98. The van der Waals surface area contributed by atoms with Crippen LogP contribution in [-0.2, 0) is 9.53 Å². The maximum atomic E-state index is 13.2. The van der Waals surface area contributed by atoms with Crippen molar-refractivity contribution in [2.24, 2.45) is 34.0 Å². The zero-order valence-corrected chi connectivity index (χ0v) is 15.6. The summed E-state index contributed by atoms with van der Waals surface area (Å²) in [6.07, 6.45) is -3.25. The van der Waals surface area contributed by atoms with E-state index in [1.54, 1.807) is 0 Å². The highest BCUT2D eigenvalue weighted by Gasteiger charge is 2.89. The number of aliphatic hydroxyl groups excluding tert-OH is 4. The van der Waals surface area contributed by atoms with Gasteiger partial charge in [-0.2, -0.15) is 0 Å². The van der Waals surface area contributed by atoms with E-state index in [1.165, 1.54) is 0 Å². The van der Waals surface area contributed by atoms with Gasteiger partial charge in [0.05, 0.1) is 23.7 Å². The standard InChI is InChI=1S/C20H28O7/c1-8-9-4-5-10-18-11(21)6-7-17(2,3)12(18)15(24)20(26,27-16(18)25)19(10,13(8)22)14(9)23/h9-15,21-24,26H,1,4-7H2,2-3H3/t9-,10-,11-,12+,13+,14?,15-,18-,19-,20+/m0/s1. The van der Waals surface area contributed by atoms with Gasteiger partial charge in [-0.1, -0.05) is 20.4 Å². The van der Waals surface area contributed by atoms with E-state index in [0.717, 1.165) is 0 Å². The molecule has 27 heavy (non-hydrogen) atoms. The topological polar surface area (TPSA) is 127 Å². The highest BCUT2D eigenvalue weighted by Crippen LogP contribution is 2.77. The smallest absolute Gasteiger partial charge is 0.318 e. The molecule has 2 saturated heterocycles. The van der Waals surface area contributed by atoms with Crippen LogP contribution in [0.4, 0.5) is 0 Å². The van der Waals surface area contributed by atoms with Crippen LogP contribution < -0.4 is 0 Å². The van der Waals surface area contributed by atoms with Crippen LogP contribution in [0.5, 0.6) is 0 Å². The van der Waals surface area contributed by atoms with Gasteiger partial charge in [-0.15, -0.1) is 0 Å². The minimum atomic E-state index is -2.42. The summed E-state index contributed by atoms with van der Waals surface area (Å²) in [5.74, 6) is -5.03. The molecule has 6 aliphatic rings. The minimum absolute atomic E-state index is 0.354. The average Bonchev–Trinajstić information content (AvgIpc) is 2.70. The van der Waals surface area contributed by atoms with Crippen molar-refractivity contribution < 1.29 is 35.1 Å². The zero-order valence-electron chi connectivity index (χ0n) is 15.6. The lowest BCUT2D eigenvalue weighted by molar-refractivity contribution is -0.442. The number of carbonyl (C=O) groups excluding carboxylic acids is 1. The minimum Gasteiger partial charge on any atom is -0.429 e. The van der Waals surface area contributed by atoms with Gasteiger partial charge in [0.2, 0.25) is 5.79 Å². The molecule has 0 radical (unpaired) electrons. The highest BCUT2D eigenvalue weighted by molar-refractivity contribution is 5.83. The summed E-state index contributed by atoms with van der Waals surface area (Å²) in [5, 5.41) is 56.3. The molecule has 4 saturated carbocycles. The number of aliphatic hydroxyl groups is 5. The van der Waals surface area contributed by atoms with E-state index in [9.17, 15) is 30.3 Å². The number of ether oxygens (including phenoxy) is 1.